The Balaban J connectivity index is 1.83. The van der Waals surface area contributed by atoms with E-state index in [0.717, 1.165) is 6.54 Å². The Kier molecular flexibility index (Phi) is 5.03. The van der Waals surface area contributed by atoms with Crippen molar-refractivity contribution in [2.24, 2.45) is 0 Å². The molecule has 0 aromatic heterocycles. The van der Waals surface area contributed by atoms with Gasteiger partial charge in [-0.3, -0.25) is 14.9 Å². The van der Waals surface area contributed by atoms with E-state index in [1.165, 1.54) is 6.07 Å². The maximum Gasteiger partial charge on any atom is 0.272 e. The summed E-state index contributed by atoms with van der Waals surface area (Å²) in [7, 11) is 0. The highest BCUT2D eigenvalue weighted by molar-refractivity contribution is 5.81. The largest absolute Gasteiger partial charge is 0.366 e. The molecular weight excluding hydrogens is 262 g/mol. The number of hydrogen-bond acceptors (Lipinski definition) is 5. The second-order valence-electron chi connectivity index (χ2n) is 4.49. The number of carbonyl (C=O) groups is 1. The van der Waals surface area contributed by atoms with Gasteiger partial charge >= 0.3 is 0 Å². The monoisotopic (exact) mass is 279 g/mol. The van der Waals surface area contributed by atoms with E-state index < -0.39 is 11.0 Å². The van der Waals surface area contributed by atoms with E-state index in [1.54, 1.807) is 18.2 Å². The first-order valence-electron chi connectivity index (χ1n) is 6.51. The van der Waals surface area contributed by atoms with E-state index in [9.17, 15) is 14.9 Å². The van der Waals surface area contributed by atoms with Crippen LogP contribution in [-0.4, -0.2) is 43.2 Å². The quantitative estimate of drug-likeness (QED) is 0.595. The van der Waals surface area contributed by atoms with Crippen LogP contribution < -0.4 is 10.6 Å². The zero-order chi connectivity index (χ0) is 14.4. The van der Waals surface area contributed by atoms with Gasteiger partial charge in [0.1, 0.15) is 6.10 Å². The van der Waals surface area contributed by atoms with Crippen molar-refractivity contribution in [2.45, 2.75) is 12.5 Å². The number of rotatable bonds is 5. The molecule has 7 heteroatoms. The molecule has 108 valence electrons. The Morgan fingerprint density at radius 1 is 1.50 bits per heavy atom. The first kappa shape index (κ1) is 14.4. The lowest BCUT2D eigenvalue weighted by atomic mass is 10.1. The smallest absolute Gasteiger partial charge is 0.272 e. The zero-order valence-electron chi connectivity index (χ0n) is 11.0. The number of hydrogen-bond donors (Lipinski definition) is 2. The van der Waals surface area contributed by atoms with Gasteiger partial charge in [-0.25, -0.2) is 0 Å². The number of nitrogens with zero attached hydrogens (tertiary/aromatic N) is 1. The van der Waals surface area contributed by atoms with Crippen LogP contribution in [0.1, 0.15) is 5.56 Å². The molecule has 1 atom stereocenters. The maximum atomic E-state index is 11.8. The van der Waals surface area contributed by atoms with Gasteiger partial charge in [0, 0.05) is 31.3 Å². The summed E-state index contributed by atoms with van der Waals surface area (Å²) in [6.07, 6.45) is -0.0576. The third-order valence-corrected chi connectivity index (χ3v) is 3.10. The van der Waals surface area contributed by atoms with Crippen molar-refractivity contribution in [2.75, 3.05) is 26.2 Å². The van der Waals surface area contributed by atoms with Gasteiger partial charge in [-0.2, -0.15) is 0 Å². The molecule has 0 aliphatic carbocycles. The van der Waals surface area contributed by atoms with Crippen LogP contribution in [0.25, 0.3) is 0 Å². The van der Waals surface area contributed by atoms with Crippen molar-refractivity contribution in [3.8, 4) is 0 Å². The Labute approximate surface area is 116 Å². The molecule has 1 amide bonds. The van der Waals surface area contributed by atoms with Crippen LogP contribution in [-0.2, 0) is 16.0 Å². The molecule has 1 unspecified atom stereocenters. The van der Waals surface area contributed by atoms with E-state index in [1.807, 2.05) is 0 Å². The fourth-order valence-corrected chi connectivity index (χ4v) is 2.07. The van der Waals surface area contributed by atoms with Crippen LogP contribution in [0.5, 0.6) is 0 Å². The zero-order valence-corrected chi connectivity index (χ0v) is 11.0. The van der Waals surface area contributed by atoms with Crippen molar-refractivity contribution in [3.63, 3.8) is 0 Å². The molecular formula is C13H17N3O4. The second-order valence-corrected chi connectivity index (χ2v) is 4.49. The molecule has 0 saturated carbocycles. The third kappa shape index (κ3) is 3.75. The van der Waals surface area contributed by atoms with Gasteiger partial charge < -0.3 is 15.4 Å². The predicted octanol–water partition coefficient (Wildman–Crippen LogP) is 0.242. The van der Waals surface area contributed by atoms with Crippen molar-refractivity contribution in [1.29, 1.82) is 0 Å². The van der Waals surface area contributed by atoms with Crippen LogP contribution >= 0.6 is 0 Å². The lowest BCUT2D eigenvalue weighted by molar-refractivity contribution is -0.385. The third-order valence-electron chi connectivity index (χ3n) is 3.10. The average Bonchev–Trinajstić information content (AvgIpc) is 2.48. The normalized spacial score (nSPS) is 18.5. The standard InChI is InChI=1S/C13H17N3O4/c17-13(12-9-14-7-8-20-12)15-6-5-10-3-1-2-4-11(10)16(18)19/h1-4,12,14H,5-9H2,(H,15,17). The number of ether oxygens (including phenoxy) is 1. The molecule has 7 nitrogen and oxygen atoms in total. The van der Waals surface area contributed by atoms with Crippen molar-refractivity contribution >= 4 is 11.6 Å². The first-order valence-corrected chi connectivity index (χ1v) is 6.51. The van der Waals surface area contributed by atoms with E-state index in [2.05, 4.69) is 10.6 Å². The Morgan fingerprint density at radius 3 is 3.00 bits per heavy atom. The molecule has 0 bridgehead atoms. The minimum absolute atomic E-state index is 0.0809. The van der Waals surface area contributed by atoms with Crippen LogP contribution in [0, 0.1) is 10.1 Å². The first-order chi connectivity index (χ1) is 9.68. The fourth-order valence-electron chi connectivity index (χ4n) is 2.07. The molecule has 0 spiro atoms. The number of nitro benzene ring substituents is 1. The molecule has 1 aromatic rings. The van der Waals surface area contributed by atoms with Crippen LogP contribution in [0.15, 0.2) is 24.3 Å². The van der Waals surface area contributed by atoms with E-state index in [-0.39, 0.29) is 11.6 Å². The summed E-state index contributed by atoms with van der Waals surface area (Å²) >= 11 is 0. The predicted molar refractivity (Wildman–Crippen MR) is 72.4 cm³/mol. The number of morpholine rings is 1. The lowest BCUT2D eigenvalue weighted by Crippen LogP contribution is -2.48. The van der Waals surface area contributed by atoms with Crippen LogP contribution in [0.2, 0.25) is 0 Å². The van der Waals surface area contributed by atoms with Gasteiger partial charge in [0.15, 0.2) is 0 Å². The molecule has 1 aliphatic heterocycles. The maximum absolute atomic E-state index is 11.8. The van der Waals surface area contributed by atoms with Gasteiger partial charge in [0.05, 0.1) is 11.5 Å². The van der Waals surface area contributed by atoms with Crippen LogP contribution in [0.3, 0.4) is 0 Å². The number of carbonyl (C=O) groups excluding carboxylic acids is 1. The van der Waals surface area contributed by atoms with Gasteiger partial charge in [-0.1, -0.05) is 18.2 Å². The molecule has 2 rings (SSSR count). The second kappa shape index (κ2) is 6.97. The van der Waals surface area contributed by atoms with Crippen molar-refractivity contribution < 1.29 is 14.5 Å². The number of para-hydroxylation sites is 1. The summed E-state index contributed by atoms with van der Waals surface area (Å²) in [5, 5.41) is 16.7. The molecule has 1 fully saturated rings. The fraction of sp³-hybridized carbons (Fsp3) is 0.462. The number of amides is 1. The SMILES string of the molecule is O=C(NCCc1ccccc1[N+](=O)[O-])C1CNCCO1. The molecule has 1 heterocycles. The molecule has 1 aliphatic rings. The van der Waals surface area contributed by atoms with E-state index in [4.69, 9.17) is 4.74 Å². The van der Waals surface area contributed by atoms with Gasteiger partial charge in [0.2, 0.25) is 5.91 Å². The Hall–Kier alpha value is -1.99. The summed E-state index contributed by atoms with van der Waals surface area (Å²) in [4.78, 5) is 22.2. The minimum atomic E-state index is -0.477. The van der Waals surface area contributed by atoms with Crippen LogP contribution in [0.4, 0.5) is 5.69 Å². The summed E-state index contributed by atoms with van der Waals surface area (Å²) in [5.74, 6) is -0.184. The summed E-state index contributed by atoms with van der Waals surface area (Å²) in [5.41, 5.74) is 0.692. The topological polar surface area (TPSA) is 93.5 Å². The van der Waals surface area contributed by atoms with E-state index in [0.29, 0.717) is 31.7 Å². The summed E-state index contributed by atoms with van der Waals surface area (Å²) in [6.45, 7) is 2.11. The van der Waals surface area contributed by atoms with E-state index >= 15 is 0 Å². The molecule has 0 radical (unpaired) electrons. The number of nitro groups is 1. The Morgan fingerprint density at radius 2 is 2.30 bits per heavy atom. The van der Waals surface area contributed by atoms with Crippen molar-refractivity contribution in [3.05, 3.63) is 39.9 Å². The highest BCUT2D eigenvalue weighted by atomic mass is 16.6. The average molecular weight is 279 g/mol. The van der Waals surface area contributed by atoms with Gasteiger partial charge in [0.25, 0.3) is 5.69 Å². The number of nitrogens with one attached hydrogen (secondary N) is 2. The highest BCUT2D eigenvalue weighted by Gasteiger charge is 2.21. The molecule has 2 N–H and O–H groups in total. The van der Waals surface area contributed by atoms with Crippen molar-refractivity contribution in [1.82, 2.24) is 10.6 Å². The minimum Gasteiger partial charge on any atom is -0.366 e. The van der Waals surface area contributed by atoms with Gasteiger partial charge in [-0.05, 0) is 6.42 Å². The Bertz CT molecular complexity index is 486. The molecule has 20 heavy (non-hydrogen) atoms. The lowest BCUT2D eigenvalue weighted by Gasteiger charge is -2.22. The molecule has 1 saturated heterocycles. The summed E-state index contributed by atoms with van der Waals surface area (Å²) < 4.78 is 5.32. The molecule has 1 aromatic carbocycles. The summed E-state index contributed by atoms with van der Waals surface area (Å²) in [6, 6.07) is 6.54. The van der Waals surface area contributed by atoms with Gasteiger partial charge in [-0.15, -0.1) is 0 Å². The highest BCUT2D eigenvalue weighted by Crippen LogP contribution is 2.17. The number of benzene rings is 1.